The molecule has 0 saturated heterocycles. The lowest BCUT2D eigenvalue weighted by molar-refractivity contribution is -0.124. The highest BCUT2D eigenvalue weighted by molar-refractivity contribution is 6.20. The van der Waals surface area contributed by atoms with Gasteiger partial charge in [-0.05, 0) is 25.2 Å². The molecule has 0 spiro atoms. The van der Waals surface area contributed by atoms with Crippen molar-refractivity contribution < 1.29 is 4.79 Å². The molecular weight excluding hydrogens is 210 g/mol. The Kier molecular flexibility index (Phi) is 5.44. The Morgan fingerprint density at radius 2 is 2.27 bits per heavy atom. The molecule has 1 aliphatic rings. The molecule has 0 aromatic carbocycles. The van der Waals surface area contributed by atoms with Crippen LogP contribution in [0.5, 0.6) is 0 Å². The lowest BCUT2D eigenvalue weighted by Crippen LogP contribution is -2.34. The molecule has 0 aliphatic heterocycles. The maximum absolute atomic E-state index is 11.6. The minimum atomic E-state index is 0.144. The summed E-state index contributed by atoms with van der Waals surface area (Å²) in [5.74, 6) is 0.822. The van der Waals surface area contributed by atoms with Gasteiger partial charge in [0.2, 0.25) is 5.91 Å². The summed E-state index contributed by atoms with van der Waals surface area (Å²) < 4.78 is 0. The summed E-state index contributed by atoms with van der Waals surface area (Å²) in [7, 11) is 0. The van der Waals surface area contributed by atoms with Crippen molar-refractivity contribution in [3.63, 3.8) is 0 Å². The van der Waals surface area contributed by atoms with Crippen molar-refractivity contribution in [1.82, 2.24) is 5.32 Å². The minimum absolute atomic E-state index is 0.144. The van der Waals surface area contributed by atoms with Gasteiger partial charge in [0.25, 0.3) is 0 Å². The summed E-state index contributed by atoms with van der Waals surface area (Å²) in [6, 6.07) is 0. The maximum atomic E-state index is 11.6. The Labute approximate surface area is 97.8 Å². The Balaban J connectivity index is 2.21. The largest absolute Gasteiger partial charge is 0.356 e. The minimum Gasteiger partial charge on any atom is -0.356 e. The standard InChI is InChI=1S/C12H22ClNO/c1-3-5-9(2)12(15)14-8-10-6-4-7-11(10)13/h9-11H,3-8H2,1-2H3,(H,14,15). The van der Waals surface area contributed by atoms with E-state index in [2.05, 4.69) is 12.2 Å². The molecule has 1 saturated carbocycles. The summed E-state index contributed by atoms with van der Waals surface area (Å²) in [4.78, 5) is 11.6. The van der Waals surface area contributed by atoms with Crippen LogP contribution < -0.4 is 5.32 Å². The number of rotatable bonds is 5. The van der Waals surface area contributed by atoms with Crippen LogP contribution in [0.25, 0.3) is 0 Å². The summed E-state index contributed by atoms with van der Waals surface area (Å²) in [6.45, 7) is 4.86. The third kappa shape index (κ3) is 4.02. The summed E-state index contributed by atoms with van der Waals surface area (Å²) >= 11 is 6.15. The fraction of sp³-hybridized carbons (Fsp3) is 0.917. The van der Waals surface area contributed by atoms with E-state index in [4.69, 9.17) is 11.6 Å². The fourth-order valence-corrected chi connectivity index (χ4v) is 2.56. The molecule has 0 aromatic rings. The first-order chi connectivity index (χ1) is 7.15. The third-order valence-electron chi connectivity index (χ3n) is 3.27. The normalized spacial score (nSPS) is 27.7. The summed E-state index contributed by atoms with van der Waals surface area (Å²) in [5.41, 5.74) is 0. The molecule has 3 atom stereocenters. The number of carbonyl (C=O) groups excluding carboxylic acids is 1. The van der Waals surface area contributed by atoms with Crippen LogP contribution in [0.15, 0.2) is 0 Å². The summed E-state index contributed by atoms with van der Waals surface area (Å²) in [5, 5.41) is 3.29. The number of carbonyl (C=O) groups is 1. The van der Waals surface area contributed by atoms with Gasteiger partial charge in [-0.3, -0.25) is 4.79 Å². The number of hydrogen-bond donors (Lipinski definition) is 1. The van der Waals surface area contributed by atoms with E-state index >= 15 is 0 Å². The van der Waals surface area contributed by atoms with E-state index in [9.17, 15) is 4.79 Å². The van der Waals surface area contributed by atoms with Crippen molar-refractivity contribution in [3.05, 3.63) is 0 Å². The molecule has 1 fully saturated rings. The first-order valence-electron chi connectivity index (χ1n) is 6.07. The second kappa shape index (κ2) is 6.37. The highest BCUT2D eigenvalue weighted by Crippen LogP contribution is 2.29. The lowest BCUT2D eigenvalue weighted by Gasteiger charge is -2.16. The molecule has 2 nitrogen and oxygen atoms in total. The zero-order valence-electron chi connectivity index (χ0n) is 9.76. The SMILES string of the molecule is CCCC(C)C(=O)NCC1CCCC1Cl. The average molecular weight is 232 g/mol. The third-order valence-corrected chi connectivity index (χ3v) is 3.85. The van der Waals surface area contributed by atoms with Crippen molar-refractivity contribution in [3.8, 4) is 0 Å². The molecule has 1 aliphatic carbocycles. The zero-order chi connectivity index (χ0) is 11.3. The second-order valence-electron chi connectivity index (χ2n) is 4.64. The predicted molar refractivity (Wildman–Crippen MR) is 64.1 cm³/mol. The number of alkyl halides is 1. The molecule has 3 heteroatoms. The predicted octanol–water partition coefficient (Wildman–Crippen LogP) is 2.95. The van der Waals surface area contributed by atoms with Crippen molar-refractivity contribution in [1.29, 1.82) is 0 Å². The van der Waals surface area contributed by atoms with Crippen LogP contribution in [0.3, 0.4) is 0 Å². The van der Waals surface area contributed by atoms with Crippen LogP contribution in [-0.4, -0.2) is 17.8 Å². The highest BCUT2D eigenvalue weighted by atomic mass is 35.5. The molecule has 1 amide bonds. The Hall–Kier alpha value is -0.240. The quantitative estimate of drug-likeness (QED) is 0.725. The Morgan fingerprint density at radius 1 is 1.53 bits per heavy atom. The maximum Gasteiger partial charge on any atom is 0.222 e. The second-order valence-corrected chi connectivity index (χ2v) is 5.20. The number of hydrogen-bond acceptors (Lipinski definition) is 1. The number of nitrogens with one attached hydrogen (secondary N) is 1. The molecule has 15 heavy (non-hydrogen) atoms. The van der Waals surface area contributed by atoms with Crippen LogP contribution in [0, 0.1) is 11.8 Å². The van der Waals surface area contributed by atoms with Crippen LogP contribution in [0.2, 0.25) is 0 Å². The van der Waals surface area contributed by atoms with Crippen molar-refractivity contribution in [2.24, 2.45) is 11.8 Å². The van der Waals surface area contributed by atoms with E-state index in [-0.39, 0.29) is 17.2 Å². The van der Waals surface area contributed by atoms with Gasteiger partial charge < -0.3 is 5.32 Å². The van der Waals surface area contributed by atoms with E-state index < -0.39 is 0 Å². The number of amides is 1. The van der Waals surface area contributed by atoms with E-state index in [1.165, 1.54) is 6.42 Å². The molecule has 0 bridgehead atoms. The van der Waals surface area contributed by atoms with Gasteiger partial charge in [0.1, 0.15) is 0 Å². The van der Waals surface area contributed by atoms with Crippen LogP contribution in [-0.2, 0) is 4.79 Å². The van der Waals surface area contributed by atoms with Gasteiger partial charge in [-0.1, -0.05) is 26.7 Å². The molecule has 0 radical (unpaired) electrons. The van der Waals surface area contributed by atoms with Crippen molar-refractivity contribution >= 4 is 17.5 Å². The molecule has 88 valence electrons. The molecular formula is C12H22ClNO. The molecule has 1 rings (SSSR count). The first kappa shape index (κ1) is 12.8. The van der Waals surface area contributed by atoms with E-state index in [0.717, 1.165) is 32.2 Å². The van der Waals surface area contributed by atoms with Crippen molar-refractivity contribution in [2.45, 2.75) is 51.3 Å². The fourth-order valence-electron chi connectivity index (χ4n) is 2.19. The van der Waals surface area contributed by atoms with E-state index in [1.54, 1.807) is 0 Å². The zero-order valence-corrected chi connectivity index (χ0v) is 10.5. The van der Waals surface area contributed by atoms with Crippen LogP contribution in [0.4, 0.5) is 0 Å². The van der Waals surface area contributed by atoms with E-state index in [1.807, 2.05) is 6.92 Å². The molecule has 3 unspecified atom stereocenters. The van der Waals surface area contributed by atoms with Gasteiger partial charge in [0.05, 0.1) is 0 Å². The van der Waals surface area contributed by atoms with Gasteiger partial charge in [-0.2, -0.15) is 0 Å². The lowest BCUT2D eigenvalue weighted by atomic mass is 10.0. The average Bonchev–Trinajstić information content (AvgIpc) is 2.61. The highest BCUT2D eigenvalue weighted by Gasteiger charge is 2.25. The monoisotopic (exact) mass is 231 g/mol. The number of halogens is 1. The van der Waals surface area contributed by atoms with E-state index in [0.29, 0.717) is 5.92 Å². The first-order valence-corrected chi connectivity index (χ1v) is 6.50. The molecule has 0 aromatic heterocycles. The van der Waals surface area contributed by atoms with Gasteiger partial charge >= 0.3 is 0 Å². The molecule has 0 heterocycles. The van der Waals surface area contributed by atoms with Crippen LogP contribution >= 0.6 is 11.6 Å². The Morgan fingerprint density at radius 3 is 2.80 bits per heavy atom. The topological polar surface area (TPSA) is 29.1 Å². The summed E-state index contributed by atoms with van der Waals surface area (Å²) in [6.07, 6.45) is 5.51. The van der Waals surface area contributed by atoms with Gasteiger partial charge in [0, 0.05) is 17.8 Å². The molecule has 1 N–H and O–H groups in total. The van der Waals surface area contributed by atoms with Crippen LogP contribution in [0.1, 0.15) is 46.0 Å². The Bertz CT molecular complexity index is 208. The van der Waals surface area contributed by atoms with Gasteiger partial charge in [-0.15, -0.1) is 11.6 Å². The smallest absolute Gasteiger partial charge is 0.222 e. The van der Waals surface area contributed by atoms with Gasteiger partial charge in [0.15, 0.2) is 0 Å². The van der Waals surface area contributed by atoms with Crippen molar-refractivity contribution in [2.75, 3.05) is 6.54 Å². The van der Waals surface area contributed by atoms with Gasteiger partial charge in [-0.25, -0.2) is 0 Å².